The van der Waals surface area contributed by atoms with Crippen molar-refractivity contribution in [2.45, 2.75) is 19.1 Å². The fourth-order valence-electron chi connectivity index (χ4n) is 6.58. The van der Waals surface area contributed by atoms with Gasteiger partial charge in [0.05, 0.1) is 45.2 Å². The Morgan fingerprint density at radius 1 is 0.421 bits per heavy atom. The molecule has 1 aromatic heterocycles. The summed E-state index contributed by atoms with van der Waals surface area (Å²) in [4.78, 5) is 0.130. The van der Waals surface area contributed by atoms with Crippen LogP contribution in [0.1, 0.15) is 78.3 Å². The zero-order valence-electron chi connectivity index (χ0n) is 67.4. The van der Waals surface area contributed by atoms with Crippen LogP contribution in [0.5, 0.6) is 0 Å². The van der Waals surface area contributed by atoms with Gasteiger partial charge in [0.1, 0.15) is 11.2 Å². The second-order valence-corrected chi connectivity index (χ2v) is 12.3. The van der Waals surface area contributed by atoms with Crippen molar-refractivity contribution < 1.29 is 57.9 Å². The van der Waals surface area contributed by atoms with E-state index in [1.165, 1.54) is 0 Å². The van der Waals surface area contributed by atoms with E-state index in [-0.39, 0.29) is 4.90 Å². The Hall–Kier alpha value is -7.16. The monoisotopic (exact) mass is 769 g/mol. The van der Waals surface area contributed by atoms with Crippen LogP contribution in [0.3, 0.4) is 0 Å². The molecule has 1 aliphatic carbocycles. The molecule has 1 aliphatic rings. The van der Waals surface area contributed by atoms with Gasteiger partial charge in [-0.2, -0.15) is 0 Å². The van der Waals surface area contributed by atoms with Crippen molar-refractivity contribution in [1.29, 1.82) is 0 Å². The molecule has 11 rings (SSSR count). The van der Waals surface area contributed by atoms with Gasteiger partial charge in [0.25, 0.3) is 0 Å². The minimum absolute atomic E-state index is 0.130. The highest BCUT2D eigenvalue weighted by molar-refractivity contribution is 6.19. The Morgan fingerprint density at radius 2 is 1.02 bits per heavy atom. The lowest BCUT2D eigenvalue weighted by atomic mass is 9.81. The van der Waals surface area contributed by atoms with E-state index in [1.807, 2.05) is 0 Å². The normalized spacial score (nSPS) is 23.0. The van der Waals surface area contributed by atoms with Crippen LogP contribution in [0.15, 0.2) is 204 Å². The van der Waals surface area contributed by atoms with Crippen molar-refractivity contribution >= 4 is 49.8 Å². The number of fused-ring (bicyclic) bond motifs is 8. The summed E-state index contributed by atoms with van der Waals surface area (Å²) in [5, 5.41) is -3.04. The Kier molecular flexibility index (Phi) is 2.77. The lowest BCUT2D eigenvalue weighted by Crippen LogP contribution is -2.16. The average Bonchev–Trinajstić information content (AvgIpc) is 1.48. The minimum Gasteiger partial charge on any atom is -0.455 e. The van der Waals surface area contributed by atoms with Crippen LogP contribution in [0.4, 0.5) is 17.1 Å². The largest absolute Gasteiger partial charge is 0.455 e. The topological polar surface area (TPSA) is 16.4 Å². The van der Waals surface area contributed by atoms with E-state index in [0.717, 1.165) is 0 Å². The molecule has 0 saturated heterocycles. The molecule has 9 aromatic carbocycles. The molecule has 0 amide bonds. The smallest absolute Gasteiger partial charge is 0.143 e. The summed E-state index contributed by atoms with van der Waals surface area (Å²) in [5.41, 5.74) is -21.0. The molecule has 0 unspecified atom stereocenters. The number of nitrogens with zero attached hydrogens (tertiary/aromatic N) is 1. The molecule has 0 N–H and O–H groups in total. The first kappa shape index (κ1) is 12.2. The van der Waals surface area contributed by atoms with E-state index in [1.54, 1.807) is 0 Å². The molecule has 0 saturated carbocycles. The fraction of sp³-hybridized carbons (Fsp3) is 0.0545. The first-order valence-corrected chi connectivity index (χ1v) is 16.6. The van der Waals surface area contributed by atoms with Gasteiger partial charge in [0.15, 0.2) is 0 Å². The van der Waals surface area contributed by atoms with Crippen LogP contribution >= 0.6 is 0 Å². The molecule has 2 heteroatoms. The SMILES string of the molecule is [2H]c1c([2H])c([2H])c(-c2c([2H])c([2H])c(N(c3c([2H])c([2H])c4c(c3[2H])C(C([2H])([2H])[2H])(C([2H])([2H])[2H])c3c([2H])c([2H])c([2H])c(-c5c([2H])c([2H])c([2H])c([2H])c5[2H])c3-4)c3c([2H])c([2H])c4c(oc5c6c([2H])c([2H])c([2H])c([2H])c6c(-c6c([2H])c([2H])c([2H])c([2H])c6[2H])c([2H])c54)c3[2H])c([2H])c2[2H])c([2H])c1[2H]. The standard InChI is InChI=1S/C55H39NO/c1-55(2)50-24-14-23-43(38-17-8-4-9-18-38)53(50)47-32-30-41(33-51(47)55)56(40-27-25-37(26-28-40)36-15-6-3-7-16-36)42-29-31-45-49-35-48(39-19-10-5-11-20-39)44-21-12-13-22-46(44)54(49)57-52(45)34-42/h3-35H,1-2H3/i1D3,2D3,3D,4D,5D,6D,7D,8D,9D,10D,11D,12D,13D,14D,15D,16D,17D,18D,19D,20D,21D,22D,23D,24D,25D,26D,27D,28D,29D,30D,31D,32D,33D,34D,35D. The number of benzene rings is 9. The first-order chi connectivity index (χ1) is 44.3. The van der Waals surface area contributed by atoms with Crippen LogP contribution < -0.4 is 4.90 Å². The van der Waals surface area contributed by atoms with Crippen molar-refractivity contribution in [3.63, 3.8) is 0 Å². The van der Waals surface area contributed by atoms with E-state index >= 15 is 0 Å². The molecule has 57 heavy (non-hydrogen) atoms. The Labute approximate surface area is 387 Å². The highest BCUT2D eigenvalue weighted by Gasteiger charge is 2.37. The van der Waals surface area contributed by atoms with Crippen molar-refractivity contribution in [3.8, 4) is 44.5 Å². The Bertz CT molecular complexity index is 5180. The third kappa shape index (κ3) is 5.33. The van der Waals surface area contributed by atoms with Crippen LogP contribution in [0.2, 0.25) is 0 Å². The quantitative estimate of drug-likeness (QED) is 0.167. The highest BCUT2D eigenvalue weighted by atomic mass is 16.3. The summed E-state index contributed by atoms with van der Waals surface area (Å²) < 4.78 is 362. The van der Waals surface area contributed by atoms with Gasteiger partial charge in [-0.3, -0.25) is 0 Å². The van der Waals surface area contributed by atoms with Crippen LogP contribution in [-0.4, -0.2) is 0 Å². The Balaban J connectivity index is 1.40. The highest BCUT2D eigenvalue weighted by Crippen LogP contribution is 2.54. The summed E-state index contributed by atoms with van der Waals surface area (Å²) in [6.45, 7) is -8.46. The van der Waals surface area contributed by atoms with E-state index < -0.39 is 324 Å². The number of hydrogen-bond donors (Lipinski definition) is 0. The Morgan fingerprint density at radius 3 is 1.74 bits per heavy atom. The van der Waals surface area contributed by atoms with Gasteiger partial charge in [-0.25, -0.2) is 0 Å². The lowest BCUT2D eigenvalue weighted by Gasteiger charge is -2.28. The van der Waals surface area contributed by atoms with E-state index in [4.69, 9.17) is 30.5 Å². The van der Waals surface area contributed by atoms with Gasteiger partial charge >= 0.3 is 0 Å². The van der Waals surface area contributed by atoms with Gasteiger partial charge in [-0.15, -0.1) is 0 Å². The summed E-state index contributed by atoms with van der Waals surface area (Å²) in [7, 11) is 0. The number of rotatable bonds is 6. The van der Waals surface area contributed by atoms with Gasteiger partial charge in [0, 0.05) is 52.9 Å². The summed E-state index contributed by atoms with van der Waals surface area (Å²) in [6.07, 6.45) is 0. The third-order valence-corrected chi connectivity index (χ3v) is 9.07. The van der Waals surface area contributed by atoms with Crippen molar-refractivity contribution in [2.24, 2.45) is 0 Å². The summed E-state index contributed by atoms with van der Waals surface area (Å²) in [6, 6.07) is -39.1. The second-order valence-electron chi connectivity index (χ2n) is 12.3. The van der Waals surface area contributed by atoms with Crippen molar-refractivity contribution in [3.05, 3.63) is 211 Å². The molecule has 1 heterocycles. The second kappa shape index (κ2) is 13.0. The summed E-state index contributed by atoms with van der Waals surface area (Å²) in [5.74, 6) is 0. The maximum atomic E-state index is 10.4. The van der Waals surface area contributed by atoms with Gasteiger partial charge in [-0.05, 0) is 103 Å². The zero-order chi connectivity index (χ0) is 71.8. The van der Waals surface area contributed by atoms with E-state index in [9.17, 15) is 27.4 Å². The maximum absolute atomic E-state index is 10.4. The van der Waals surface area contributed by atoms with Gasteiger partial charge in [0.2, 0.25) is 0 Å². The maximum Gasteiger partial charge on any atom is 0.143 e. The molecular formula is C55H39NO. The van der Waals surface area contributed by atoms with Gasteiger partial charge < -0.3 is 9.32 Å². The molecule has 270 valence electrons. The average molecular weight is 769 g/mol. The molecule has 0 bridgehead atoms. The van der Waals surface area contributed by atoms with Gasteiger partial charge in [-0.1, -0.05) is 165 Å². The summed E-state index contributed by atoms with van der Waals surface area (Å²) >= 11 is 0. The predicted molar refractivity (Wildman–Crippen MR) is 240 cm³/mol. The zero-order valence-corrected chi connectivity index (χ0v) is 28.4. The lowest BCUT2D eigenvalue weighted by molar-refractivity contribution is 0.660. The molecule has 0 fully saturated rings. The van der Waals surface area contributed by atoms with E-state index in [2.05, 4.69) is 0 Å². The minimum atomic E-state index is -4.23. The molecule has 0 aliphatic heterocycles. The predicted octanol–water partition coefficient (Wildman–Crippen LogP) is 15.5. The molecule has 0 radical (unpaired) electrons. The van der Waals surface area contributed by atoms with E-state index in [0.29, 0.717) is 0 Å². The number of furan rings is 1. The molecule has 0 atom stereocenters. The molecule has 10 aromatic rings. The fourth-order valence-corrected chi connectivity index (χ4v) is 6.58. The van der Waals surface area contributed by atoms with Crippen molar-refractivity contribution in [2.75, 3.05) is 4.90 Å². The van der Waals surface area contributed by atoms with Crippen molar-refractivity contribution in [1.82, 2.24) is 0 Å². The van der Waals surface area contributed by atoms with Crippen LogP contribution in [0.25, 0.3) is 77.2 Å². The molecular weight excluding hydrogens is 691 g/mol. The molecule has 0 spiro atoms. The third-order valence-electron chi connectivity index (χ3n) is 9.07. The number of anilines is 3. The first-order valence-electron chi connectivity index (χ1n) is 36.1. The van der Waals surface area contributed by atoms with Crippen LogP contribution in [0, 0.1) is 0 Å². The van der Waals surface area contributed by atoms with Crippen LogP contribution in [-0.2, 0) is 5.41 Å². The number of hydrogen-bond acceptors (Lipinski definition) is 2. The molecule has 2 nitrogen and oxygen atoms in total.